The third-order valence-electron chi connectivity index (χ3n) is 3.44. The van der Waals surface area contributed by atoms with Crippen molar-refractivity contribution in [1.82, 2.24) is 4.90 Å². The van der Waals surface area contributed by atoms with Crippen LogP contribution in [0.2, 0.25) is 5.02 Å². The fraction of sp³-hybridized carbons (Fsp3) is 0.429. The molecule has 0 unspecified atom stereocenters. The summed E-state index contributed by atoms with van der Waals surface area (Å²) in [6, 6.07) is 4.69. The zero-order chi connectivity index (χ0) is 15.4. The molecule has 0 radical (unpaired) electrons. The van der Waals surface area contributed by atoms with Gasteiger partial charge >= 0.3 is 5.97 Å². The van der Waals surface area contributed by atoms with Gasteiger partial charge in [-0.05, 0) is 37.6 Å². The summed E-state index contributed by atoms with van der Waals surface area (Å²) in [6.45, 7) is 0.787. The first kappa shape index (κ1) is 15.6. The third-order valence-corrected chi connectivity index (χ3v) is 3.67. The molecule has 1 saturated heterocycles. The molecule has 114 valence electrons. The van der Waals surface area contributed by atoms with Crippen LogP contribution in [0.3, 0.4) is 0 Å². The lowest BCUT2D eigenvalue weighted by molar-refractivity contribution is -0.139. The molecule has 0 aliphatic carbocycles. The number of ether oxygens (including phenoxy) is 1. The van der Waals surface area contributed by atoms with Gasteiger partial charge in [-0.3, -0.25) is 9.69 Å². The molecule has 1 aliphatic rings. The monoisotopic (exact) mass is 312 g/mol. The van der Waals surface area contributed by atoms with E-state index in [2.05, 4.69) is 0 Å². The molecule has 1 amide bonds. The number of hydrogen-bond donors (Lipinski definition) is 2. The van der Waals surface area contributed by atoms with Crippen LogP contribution in [0.4, 0.5) is 0 Å². The molecular weight excluding hydrogens is 296 g/mol. The number of aliphatic carboxylic acids is 1. The third kappa shape index (κ3) is 4.09. The SMILES string of the molecule is NC(=O)[C@@H]1CCCN1Cc1cc(Cl)ccc1OCC(=O)O. The topological polar surface area (TPSA) is 92.9 Å². The molecule has 6 nitrogen and oxygen atoms in total. The summed E-state index contributed by atoms with van der Waals surface area (Å²) in [7, 11) is 0. The van der Waals surface area contributed by atoms with Crippen molar-refractivity contribution in [3.05, 3.63) is 28.8 Å². The number of carbonyl (C=O) groups excluding carboxylic acids is 1. The highest BCUT2D eigenvalue weighted by Crippen LogP contribution is 2.27. The van der Waals surface area contributed by atoms with Gasteiger partial charge in [0, 0.05) is 17.1 Å². The van der Waals surface area contributed by atoms with E-state index in [1.807, 2.05) is 4.90 Å². The van der Waals surface area contributed by atoms with E-state index in [-0.39, 0.29) is 11.9 Å². The van der Waals surface area contributed by atoms with Crippen molar-refractivity contribution in [2.75, 3.05) is 13.2 Å². The predicted octanol–water partition coefficient (Wildman–Crippen LogP) is 1.25. The fourth-order valence-corrected chi connectivity index (χ4v) is 2.70. The average molecular weight is 313 g/mol. The van der Waals surface area contributed by atoms with Gasteiger partial charge in [0.25, 0.3) is 0 Å². The number of carboxylic acids is 1. The lowest BCUT2D eigenvalue weighted by atomic mass is 10.1. The van der Waals surface area contributed by atoms with Crippen LogP contribution in [0.25, 0.3) is 0 Å². The Morgan fingerprint density at radius 1 is 1.48 bits per heavy atom. The number of hydrogen-bond acceptors (Lipinski definition) is 4. The second-order valence-electron chi connectivity index (χ2n) is 4.97. The molecule has 3 N–H and O–H groups in total. The molecule has 1 heterocycles. The largest absolute Gasteiger partial charge is 0.482 e. The Bertz CT molecular complexity index is 550. The van der Waals surface area contributed by atoms with Gasteiger partial charge in [0.1, 0.15) is 5.75 Å². The predicted molar refractivity (Wildman–Crippen MR) is 77.2 cm³/mol. The number of nitrogens with zero attached hydrogens (tertiary/aromatic N) is 1. The number of nitrogens with two attached hydrogens (primary N) is 1. The van der Waals surface area contributed by atoms with Crippen LogP contribution in [0.15, 0.2) is 18.2 Å². The highest BCUT2D eigenvalue weighted by molar-refractivity contribution is 6.30. The van der Waals surface area contributed by atoms with Crippen LogP contribution < -0.4 is 10.5 Å². The number of benzene rings is 1. The number of halogens is 1. The summed E-state index contributed by atoms with van der Waals surface area (Å²) in [5.41, 5.74) is 6.14. The Morgan fingerprint density at radius 3 is 2.90 bits per heavy atom. The summed E-state index contributed by atoms with van der Waals surface area (Å²) < 4.78 is 5.26. The number of carbonyl (C=O) groups is 2. The molecule has 21 heavy (non-hydrogen) atoms. The molecule has 1 atom stereocenters. The van der Waals surface area contributed by atoms with E-state index in [1.54, 1.807) is 18.2 Å². The van der Waals surface area contributed by atoms with E-state index in [1.165, 1.54) is 0 Å². The number of amides is 1. The normalized spacial score (nSPS) is 18.6. The van der Waals surface area contributed by atoms with E-state index < -0.39 is 12.6 Å². The number of primary amides is 1. The molecule has 0 spiro atoms. The summed E-state index contributed by atoms with van der Waals surface area (Å²) in [5, 5.41) is 9.23. The minimum atomic E-state index is -1.05. The highest BCUT2D eigenvalue weighted by Gasteiger charge is 2.29. The van der Waals surface area contributed by atoms with Crippen LogP contribution in [-0.4, -0.2) is 41.1 Å². The number of carboxylic acid groups (broad SMARTS) is 1. The molecule has 1 fully saturated rings. The Labute approximate surface area is 127 Å². The molecule has 0 bridgehead atoms. The number of rotatable bonds is 6. The van der Waals surface area contributed by atoms with Gasteiger partial charge < -0.3 is 15.6 Å². The first-order chi connectivity index (χ1) is 9.97. The van der Waals surface area contributed by atoms with Crippen molar-refractivity contribution < 1.29 is 19.4 Å². The highest BCUT2D eigenvalue weighted by atomic mass is 35.5. The van der Waals surface area contributed by atoms with Gasteiger partial charge in [-0.2, -0.15) is 0 Å². The molecule has 7 heteroatoms. The van der Waals surface area contributed by atoms with E-state index in [0.29, 0.717) is 17.3 Å². The van der Waals surface area contributed by atoms with E-state index in [0.717, 1.165) is 24.9 Å². The second-order valence-corrected chi connectivity index (χ2v) is 5.40. The molecule has 0 saturated carbocycles. The van der Waals surface area contributed by atoms with E-state index >= 15 is 0 Å². The van der Waals surface area contributed by atoms with Crippen LogP contribution >= 0.6 is 11.6 Å². The van der Waals surface area contributed by atoms with Crippen molar-refractivity contribution in [2.24, 2.45) is 5.73 Å². The Hall–Kier alpha value is -1.79. The first-order valence-electron chi connectivity index (χ1n) is 6.64. The molecule has 1 aliphatic heterocycles. The Balaban J connectivity index is 2.15. The smallest absolute Gasteiger partial charge is 0.341 e. The summed E-state index contributed by atoms with van der Waals surface area (Å²) in [5.74, 6) is -0.938. The molecule has 2 rings (SSSR count). The summed E-state index contributed by atoms with van der Waals surface area (Å²) >= 11 is 5.98. The van der Waals surface area contributed by atoms with Crippen molar-refractivity contribution in [3.63, 3.8) is 0 Å². The van der Waals surface area contributed by atoms with Gasteiger partial charge in [0.2, 0.25) is 5.91 Å². The average Bonchev–Trinajstić information content (AvgIpc) is 2.86. The summed E-state index contributed by atoms with van der Waals surface area (Å²) in [6.07, 6.45) is 1.64. The van der Waals surface area contributed by atoms with E-state index in [4.69, 9.17) is 27.2 Å². The molecule has 1 aromatic carbocycles. The standard InChI is InChI=1S/C14H17ClN2O4/c15-10-3-4-12(21-8-13(18)19)9(6-10)7-17-5-1-2-11(17)14(16)20/h3-4,6,11H,1-2,5,7-8H2,(H2,16,20)(H,18,19)/t11-/m0/s1. The lowest BCUT2D eigenvalue weighted by Gasteiger charge is -2.23. The minimum Gasteiger partial charge on any atom is -0.482 e. The van der Waals surface area contributed by atoms with Gasteiger partial charge in [-0.1, -0.05) is 11.6 Å². The second kappa shape index (κ2) is 6.78. The maximum atomic E-state index is 11.4. The summed E-state index contributed by atoms with van der Waals surface area (Å²) in [4.78, 5) is 24.0. The maximum Gasteiger partial charge on any atom is 0.341 e. The zero-order valence-corrected chi connectivity index (χ0v) is 12.2. The van der Waals surface area contributed by atoms with Crippen molar-refractivity contribution in [2.45, 2.75) is 25.4 Å². The minimum absolute atomic E-state index is 0.295. The van der Waals surface area contributed by atoms with Crippen molar-refractivity contribution in [3.8, 4) is 5.75 Å². The molecule has 0 aromatic heterocycles. The maximum absolute atomic E-state index is 11.4. The zero-order valence-electron chi connectivity index (χ0n) is 11.4. The quantitative estimate of drug-likeness (QED) is 0.824. The Morgan fingerprint density at radius 2 is 2.24 bits per heavy atom. The van der Waals surface area contributed by atoms with Gasteiger partial charge in [-0.25, -0.2) is 4.79 Å². The van der Waals surface area contributed by atoms with Gasteiger partial charge in [0.15, 0.2) is 6.61 Å². The van der Waals surface area contributed by atoms with Crippen LogP contribution in [0.1, 0.15) is 18.4 Å². The van der Waals surface area contributed by atoms with Crippen LogP contribution in [-0.2, 0) is 16.1 Å². The lowest BCUT2D eigenvalue weighted by Crippen LogP contribution is -2.39. The van der Waals surface area contributed by atoms with Gasteiger partial charge in [-0.15, -0.1) is 0 Å². The van der Waals surface area contributed by atoms with Crippen molar-refractivity contribution in [1.29, 1.82) is 0 Å². The van der Waals surface area contributed by atoms with E-state index in [9.17, 15) is 9.59 Å². The Kier molecular flexibility index (Phi) is 5.03. The molecular formula is C14H17ClN2O4. The van der Waals surface area contributed by atoms with Crippen LogP contribution in [0.5, 0.6) is 5.75 Å². The fourth-order valence-electron chi connectivity index (χ4n) is 2.51. The van der Waals surface area contributed by atoms with Crippen molar-refractivity contribution >= 4 is 23.5 Å². The first-order valence-corrected chi connectivity index (χ1v) is 7.01. The number of likely N-dealkylation sites (tertiary alicyclic amines) is 1. The molecule has 1 aromatic rings. The van der Waals surface area contributed by atoms with Crippen LogP contribution in [0, 0.1) is 0 Å². The van der Waals surface area contributed by atoms with Gasteiger partial charge in [0.05, 0.1) is 6.04 Å².